The first-order chi connectivity index (χ1) is 10.4. The van der Waals surface area contributed by atoms with E-state index in [9.17, 15) is 13.2 Å². The SMILES string of the molecule is CCCCCCCCCOC(=O)C(CCCC)OS(=O)(=O)O. The predicted molar refractivity (Wildman–Crippen MR) is 84.9 cm³/mol. The maximum Gasteiger partial charge on any atom is 0.398 e. The van der Waals surface area contributed by atoms with Crippen molar-refractivity contribution in [3.8, 4) is 0 Å². The molecule has 6 nitrogen and oxygen atoms in total. The molecule has 0 rings (SSSR count). The van der Waals surface area contributed by atoms with Crippen molar-refractivity contribution in [3.05, 3.63) is 0 Å². The fraction of sp³-hybridized carbons (Fsp3) is 0.933. The lowest BCUT2D eigenvalue weighted by molar-refractivity contribution is -0.152. The summed E-state index contributed by atoms with van der Waals surface area (Å²) in [7, 11) is -4.65. The van der Waals surface area contributed by atoms with Crippen LogP contribution in [-0.2, 0) is 24.1 Å². The summed E-state index contributed by atoms with van der Waals surface area (Å²) in [5, 5.41) is 0. The molecule has 1 unspecified atom stereocenters. The minimum absolute atomic E-state index is 0.214. The van der Waals surface area contributed by atoms with Crippen LogP contribution in [0.25, 0.3) is 0 Å². The van der Waals surface area contributed by atoms with Crippen LogP contribution in [0.1, 0.15) is 78.1 Å². The van der Waals surface area contributed by atoms with Crippen LogP contribution in [-0.4, -0.2) is 31.7 Å². The monoisotopic (exact) mass is 338 g/mol. The third-order valence-electron chi connectivity index (χ3n) is 3.31. The summed E-state index contributed by atoms with van der Waals surface area (Å²) >= 11 is 0. The van der Waals surface area contributed by atoms with Crippen LogP contribution in [0.2, 0.25) is 0 Å². The van der Waals surface area contributed by atoms with Crippen molar-refractivity contribution < 1.29 is 26.7 Å². The average molecular weight is 338 g/mol. The van der Waals surface area contributed by atoms with Crippen LogP contribution in [0.5, 0.6) is 0 Å². The fourth-order valence-electron chi connectivity index (χ4n) is 2.07. The summed E-state index contributed by atoms with van der Waals surface area (Å²) in [5.41, 5.74) is 0. The van der Waals surface area contributed by atoms with Crippen molar-refractivity contribution in [2.24, 2.45) is 0 Å². The normalized spacial score (nSPS) is 13.0. The molecule has 7 heteroatoms. The van der Waals surface area contributed by atoms with Gasteiger partial charge in [0.05, 0.1) is 6.61 Å². The van der Waals surface area contributed by atoms with E-state index >= 15 is 0 Å². The molecule has 0 saturated heterocycles. The molecule has 0 aliphatic carbocycles. The molecule has 0 fully saturated rings. The zero-order chi connectivity index (χ0) is 16.8. The van der Waals surface area contributed by atoms with Gasteiger partial charge in [-0.05, 0) is 12.8 Å². The third-order valence-corrected chi connectivity index (χ3v) is 3.79. The van der Waals surface area contributed by atoms with E-state index in [1.54, 1.807) is 0 Å². The Kier molecular flexibility index (Phi) is 12.5. The first kappa shape index (κ1) is 21.3. The Hall–Kier alpha value is -0.660. The molecule has 0 radical (unpaired) electrons. The largest absolute Gasteiger partial charge is 0.464 e. The maximum atomic E-state index is 11.8. The molecule has 0 aliphatic rings. The van der Waals surface area contributed by atoms with Gasteiger partial charge in [-0.3, -0.25) is 4.55 Å². The molecule has 1 atom stereocenters. The van der Waals surface area contributed by atoms with Gasteiger partial charge in [-0.2, -0.15) is 8.42 Å². The quantitative estimate of drug-likeness (QED) is 0.295. The number of unbranched alkanes of at least 4 members (excludes halogenated alkanes) is 7. The van der Waals surface area contributed by atoms with E-state index in [2.05, 4.69) is 11.1 Å². The molecule has 0 aliphatic heterocycles. The van der Waals surface area contributed by atoms with Crippen molar-refractivity contribution >= 4 is 16.4 Å². The second kappa shape index (κ2) is 12.8. The Bertz CT molecular complexity index is 379. The van der Waals surface area contributed by atoms with E-state index in [-0.39, 0.29) is 13.0 Å². The first-order valence-corrected chi connectivity index (χ1v) is 9.59. The molecule has 0 bridgehead atoms. The Balaban J connectivity index is 3.92. The lowest BCUT2D eigenvalue weighted by Crippen LogP contribution is -2.29. The van der Waals surface area contributed by atoms with Gasteiger partial charge in [0.25, 0.3) is 0 Å². The second-order valence-corrected chi connectivity index (χ2v) is 6.49. The number of carbonyl (C=O) groups is 1. The number of rotatable bonds is 14. The fourth-order valence-corrected chi connectivity index (χ4v) is 2.53. The minimum atomic E-state index is -4.65. The van der Waals surface area contributed by atoms with E-state index in [0.717, 1.165) is 25.7 Å². The summed E-state index contributed by atoms with van der Waals surface area (Å²) in [6, 6.07) is 0. The van der Waals surface area contributed by atoms with Crippen LogP contribution < -0.4 is 0 Å². The van der Waals surface area contributed by atoms with Crippen LogP contribution in [0.4, 0.5) is 0 Å². The Morgan fingerprint density at radius 3 is 2.05 bits per heavy atom. The highest BCUT2D eigenvalue weighted by molar-refractivity contribution is 7.80. The second-order valence-electron chi connectivity index (χ2n) is 5.44. The lowest BCUT2D eigenvalue weighted by atomic mass is 10.1. The smallest absolute Gasteiger partial charge is 0.398 e. The van der Waals surface area contributed by atoms with Gasteiger partial charge in [-0.15, -0.1) is 0 Å². The number of esters is 1. The third kappa shape index (κ3) is 13.0. The van der Waals surface area contributed by atoms with E-state index in [1.165, 1.54) is 25.7 Å². The van der Waals surface area contributed by atoms with Crippen molar-refractivity contribution in [2.45, 2.75) is 84.2 Å². The molecule has 0 heterocycles. The van der Waals surface area contributed by atoms with Gasteiger partial charge in [0.1, 0.15) is 0 Å². The molecule has 132 valence electrons. The highest BCUT2D eigenvalue weighted by Gasteiger charge is 2.25. The summed E-state index contributed by atoms with van der Waals surface area (Å²) in [6.07, 6.45) is 8.10. The van der Waals surface area contributed by atoms with Crippen molar-refractivity contribution in [1.29, 1.82) is 0 Å². The molecule has 0 amide bonds. The summed E-state index contributed by atoms with van der Waals surface area (Å²) in [4.78, 5) is 11.8. The number of ether oxygens (including phenoxy) is 1. The Morgan fingerprint density at radius 2 is 1.50 bits per heavy atom. The topological polar surface area (TPSA) is 89.9 Å². The van der Waals surface area contributed by atoms with Gasteiger partial charge in [0, 0.05) is 0 Å². The van der Waals surface area contributed by atoms with Crippen LogP contribution in [0, 0.1) is 0 Å². The van der Waals surface area contributed by atoms with Crippen LogP contribution in [0.15, 0.2) is 0 Å². The van der Waals surface area contributed by atoms with E-state index in [1.807, 2.05) is 6.92 Å². The molecule has 0 aromatic rings. The van der Waals surface area contributed by atoms with Crippen LogP contribution >= 0.6 is 0 Å². The zero-order valence-corrected chi connectivity index (χ0v) is 14.6. The molecule has 0 aromatic heterocycles. The number of hydrogen-bond donors (Lipinski definition) is 1. The van der Waals surface area contributed by atoms with E-state index in [4.69, 9.17) is 9.29 Å². The summed E-state index contributed by atoms with van der Waals surface area (Å²) in [6.45, 7) is 4.33. The number of carbonyl (C=O) groups excluding carboxylic acids is 1. The van der Waals surface area contributed by atoms with Crippen molar-refractivity contribution in [3.63, 3.8) is 0 Å². The zero-order valence-electron chi connectivity index (χ0n) is 13.8. The molecule has 22 heavy (non-hydrogen) atoms. The standard InChI is InChI=1S/C15H30O6S/c1-3-5-7-8-9-10-11-13-20-15(16)14(12-6-4-2)21-22(17,18)19/h14H,3-13H2,1-2H3,(H,17,18,19). The minimum Gasteiger partial charge on any atom is -0.464 e. The van der Waals surface area contributed by atoms with Crippen molar-refractivity contribution in [2.75, 3.05) is 6.61 Å². The Morgan fingerprint density at radius 1 is 0.955 bits per heavy atom. The van der Waals surface area contributed by atoms with Gasteiger partial charge >= 0.3 is 16.4 Å². The van der Waals surface area contributed by atoms with Gasteiger partial charge in [-0.25, -0.2) is 8.98 Å². The van der Waals surface area contributed by atoms with Crippen molar-refractivity contribution in [1.82, 2.24) is 0 Å². The predicted octanol–water partition coefficient (Wildman–Crippen LogP) is 3.66. The molecule has 1 N–H and O–H groups in total. The van der Waals surface area contributed by atoms with Gasteiger partial charge in [0.15, 0.2) is 6.10 Å². The molecule has 0 aromatic carbocycles. The first-order valence-electron chi connectivity index (χ1n) is 8.23. The van der Waals surface area contributed by atoms with Gasteiger partial charge < -0.3 is 4.74 Å². The molecular weight excluding hydrogens is 308 g/mol. The molecule has 0 saturated carbocycles. The van der Waals surface area contributed by atoms with E-state index < -0.39 is 22.5 Å². The maximum absolute atomic E-state index is 11.8. The highest BCUT2D eigenvalue weighted by Crippen LogP contribution is 2.11. The van der Waals surface area contributed by atoms with Gasteiger partial charge in [0.2, 0.25) is 0 Å². The lowest BCUT2D eigenvalue weighted by Gasteiger charge is -2.14. The van der Waals surface area contributed by atoms with Crippen LogP contribution in [0.3, 0.4) is 0 Å². The molecule has 0 spiro atoms. The number of hydrogen-bond acceptors (Lipinski definition) is 5. The van der Waals surface area contributed by atoms with E-state index in [0.29, 0.717) is 6.42 Å². The summed E-state index contributed by atoms with van der Waals surface area (Å²) in [5.74, 6) is -0.725. The molecular formula is C15H30O6S. The highest BCUT2D eigenvalue weighted by atomic mass is 32.3. The Labute approximate surface area is 134 Å². The van der Waals surface area contributed by atoms with Gasteiger partial charge in [-0.1, -0.05) is 65.2 Å². The average Bonchev–Trinajstić information content (AvgIpc) is 2.44. The summed E-state index contributed by atoms with van der Waals surface area (Å²) < 4.78 is 39.6.